The van der Waals surface area contributed by atoms with E-state index in [9.17, 15) is 9.59 Å². The molecule has 96 valence electrons. The van der Waals surface area contributed by atoms with Crippen LogP contribution in [0.15, 0.2) is 0 Å². The van der Waals surface area contributed by atoms with E-state index in [0.29, 0.717) is 13.2 Å². The van der Waals surface area contributed by atoms with Crippen molar-refractivity contribution in [1.29, 1.82) is 0 Å². The summed E-state index contributed by atoms with van der Waals surface area (Å²) in [5.41, 5.74) is -0.0252. The van der Waals surface area contributed by atoms with Crippen LogP contribution in [-0.4, -0.2) is 49.1 Å². The van der Waals surface area contributed by atoms with Crippen molar-refractivity contribution in [3.63, 3.8) is 0 Å². The van der Waals surface area contributed by atoms with E-state index in [2.05, 4.69) is 5.32 Å². The molecule has 17 heavy (non-hydrogen) atoms. The Labute approximate surface area is 101 Å². The monoisotopic (exact) mass is 240 g/mol. The number of imide groups is 1. The molecule has 1 spiro atoms. The Bertz CT molecular complexity index is 310. The molecule has 5 heteroatoms. The third-order valence-electron chi connectivity index (χ3n) is 3.96. The van der Waals surface area contributed by atoms with Gasteiger partial charge in [-0.1, -0.05) is 0 Å². The first-order valence-electron chi connectivity index (χ1n) is 6.16. The van der Waals surface area contributed by atoms with Crippen molar-refractivity contribution in [2.24, 2.45) is 5.41 Å². The maximum atomic E-state index is 11.6. The Kier molecular flexibility index (Phi) is 3.49. The van der Waals surface area contributed by atoms with Crippen LogP contribution in [0.2, 0.25) is 0 Å². The zero-order valence-corrected chi connectivity index (χ0v) is 10.5. The molecule has 1 unspecified atom stereocenters. The zero-order chi connectivity index (χ0) is 12.5. The van der Waals surface area contributed by atoms with Crippen LogP contribution in [0.25, 0.3) is 0 Å². The minimum atomic E-state index is -0.175. The van der Waals surface area contributed by atoms with Gasteiger partial charge in [-0.25, -0.2) is 0 Å². The van der Waals surface area contributed by atoms with Crippen LogP contribution < -0.4 is 5.32 Å². The molecule has 0 radical (unpaired) electrons. The van der Waals surface area contributed by atoms with Crippen molar-refractivity contribution in [3.05, 3.63) is 0 Å². The quantitative estimate of drug-likeness (QED) is 0.709. The molecule has 1 atom stereocenters. The van der Waals surface area contributed by atoms with Gasteiger partial charge >= 0.3 is 0 Å². The molecular weight excluding hydrogens is 220 g/mol. The fraction of sp³-hybridized carbons (Fsp3) is 0.833. The maximum Gasteiger partial charge on any atom is 0.226 e. The van der Waals surface area contributed by atoms with Crippen molar-refractivity contribution >= 4 is 11.8 Å². The predicted octanol–water partition coefficient (Wildman–Crippen LogP) is 0.150. The molecule has 2 amide bonds. The molecule has 2 fully saturated rings. The Hall–Kier alpha value is -0.940. The first-order valence-corrected chi connectivity index (χ1v) is 6.16. The number of hydrogen-bond donors (Lipinski definition) is 1. The Balaban J connectivity index is 2.22. The Morgan fingerprint density at radius 1 is 1.24 bits per heavy atom. The highest BCUT2D eigenvalue weighted by Crippen LogP contribution is 2.40. The van der Waals surface area contributed by atoms with E-state index < -0.39 is 0 Å². The molecule has 0 aromatic rings. The molecule has 0 saturated carbocycles. The van der Waals surface area contributed by atoms with Crippen LogP contribution in [0.4, 0.5) is 0 Å². The minimum Gasteiger partial charge on any atom is -0.379 e. The van der Waals surface area contributed by atoms with Gasteiger partial charge < -0.3 is 10.1 Å². The lowest BCUT2D eigenvalue weighted by atomic mass is 9.74. The lowest BCUT2D eigenvalue weighted by Gasteiger charge is -2.41. The highest BCUT2D eigenvalue weighted by Gasteiger charge is 2.49. The van der Waals surface area contributed by atoms with Crippen LogP contribution in [0, 0.1) is 5.41 Å². The molecule has 2 saturated heterocycles. The van der Waals surface area contributed by atoms with Crippen LogP contribution in [0.5, 0.6) is 0 Å². The maximum absolute atomic E-state index is 11.6. The lowest BCUT2D eigenvalue weighted by molar-refractivity contribution is -0.147. The summed E-state index contributed by atoms with van der Waals surface area (Å²) < 4.78 is 5.56. The Morgan fingerprint density at radius 2 is 1.82 bits per heavy atom. The van der Waals surface area contributed by atoms with E-state index >= 15 is 0 Å². The summed E-state index contributed by atoms with van der Waals surface area (Å²) in [7, 11) is 0. The molecular formula is C12H20N2O3. The number of ether oxygens (including phenoxy) is 1. The zero-order valence-electron chi connectivity index (χ0n) is 10.5. The third kappa shape index (κ3) is 2.21. The highest BCUT2D eigenvalue weighted by atomic mass is 16.5. The normalized spacial score (nSPS) is 27.1. The van der Waals surface area contributed by atoms with E-state index in [1.165, 1.54) is 18.7 Å². The van der Waals surface area contributed by atoms with Crippen molar-refractivity contribution < 1.29 is 14.3 Å². The minimum absolute atomic E-state index is 0.0252. The molecule has 0 aromatic carbocycles. The number of piperidine rings is 1. The number of nitrogens with zero attached hydrogens (tertiary/aromatic N) is 1. The molecule has 2 rings (SSSR count). The third-order valence-corrected chi connectivity index (χ3v) is 3.96. The highest BCUT2D eigenvalue weighted by molar-refractivity contribution is 5.93. The van der Waals surface area contributed by atoms with E-state index in [1.54, 1.807) is 0 Å². The van der Waals surface area contributed by atoms with E-state index in [4.69, 9.17) is 4.74 Å². The standard InChI is InChI=1S/C12H20N2O3/c1-9(15)14(10(2)16)11-7-17-8-12(11)3-5-13-6-4-12/h11,13H,3-8H2,1-2H3. The number of hydrogen-bond acceptors (Lipinski definition) is 4. The van der Waals surface area contributed by atoms with Gasteiger partial charge in [0.15, 0.2) is 0 Å². The second-order valence-electron chi connectivity index (χ2n) is 5.05. The molecule has 1 N–H and O–H groups in total. The predicted molar refractivity (Wildman–Crippen MR) is 62.3 cm³/mol. The molecule has 0 aliphatic carbocycles. The number of rotatable bonds is 1. The number of amides is 2. The average Bonchev–Trinajstić information content (AvgIpc) is 2.62. The summed E-state index contributed by atoms with van der Waals surface area (Å²) >= 11 is 0. The van der Waals surface area contributed by atoms with Gasteiger partial charge in [-0.3, -0.25) is 14.5 Å². The molecule has 2 aliphatic heterocycles. The van der Waals surface area contributed by atoms with Gasteiger partial charge in [-0.2, -0.15) is 0 Å². The summed E-state index contributed by atoms with van der Waals surface area (Å²) in [6, 6.07) is -0.0837. The first-order chi connectivity index (χ1) is 8.07. The summed E-state index contributed by atoms with van der Waals surface area (Å²) in [5.74, 6) is -0.350. The van der Waals surface area contributed by atoms with Gasteiger partial charge in [-0.15, -0.1) is 0 Å². The van der Waals surface area contributed by atoms with Crippen molar-refractivity contribution in [1.82, 2.24) is 10.2 Å². The second-order valence-corrected chi connectivity index (χ2v) is 5.05. The van der Waals surface area contributed by atoms with Crippen molar-refractivity contribution in [2.75, 3.05) is 26.3 Å². The van der Waals surface area contributed by atoms with Gasteiger partial charge in [0.1, 0.15) is 0 Å². The summed E-state index contributed by atoms with van der Waals surface area (Å²) in [5, 5.41) is 3.31. The number of carbonyl (C=O) groups is 2. The first kappa shape index (κ1) is 12.5. The largest absolute Gasteiger partial charge is 0.379 e. The van der Waals surface area contributed by atoms with Gasteiger partial charge in [0, 0.05) is 19.3 Å². The van der Waals surface area contributed by atoms with Gasteiger partial charge in [0.25, 0.3) is 0 Å². The van der Waals surface area contributed by atoms with Gasteiger partial charge in [0.05, 0.1) is 19.3 Å². The summed E-state index contributed by atoms with van der Waals surface area (Å²) in [4.78, 5) is 24.7. The van der Waals surface area contributed by atoms with Crippen LogP contribution >= 0.6 is 0 Å². The van der Waals surface area contributed by atoms with Crippen molar-refractivity contribution in [3.8, 4) is 0 Å². The van der Waals surface area contributed by atoms with Gasteiger partial charge in [0.2, 0.25) is 11.8 Å². The van der Waals surface area contributed by atoms with E-state index in [1.807, 2.05) is 0 Å². The molecule has 5 nitrogen and oxygen atoms in total. The number of nitrogens with one attached hydrogen (secondary N) is 1. The van der Waals surface area contributed by atoms with Crippen molar-refractivity contribution in [2.45, 2.75) is 32.7 Å². The molecule has 0 aromatic heterocycles. The van der Waals surface area contributed by atoms with Crippen LogP contribution in [-0.2, 0) is 14.3 Å². The SMILES string of the molecule is CC(=O)N(C(C)=O)C1COCC12CCNCC2. The smallest absolute Gasteiger partial charge is 0.226 e. The van der Waals surface area contributed by atoms with E-state index in [-0.39, 0.29) is 23.3 Å². The average molecular weight is 240 g/mol. The molecule has 2 heterocycles. The lowest BCUT2D eigenvalue weighted by Crippen LogP contribution is -2.54. The van der Waals surface area contributed by atoms with Gasteiger partial charge in [-0.05, 0) is 25.9 Å². The fourth-order valence-corrected chi connectivity index (χ4v) is 3.06. The fourth-order valence-electron chi connectivity index (χ4n) is 3.06. The number of carbonyl (C=O) groups excluding carboxylic acids is 2. The molecule has 0 bridgehead atoms. The van der Waals surface area contributed by atoms with Crippen LogP contribution in [0.3, 0.4) is 0 Å². The summed E-state index contributed by atoms with van der Waals surface area (Å²) in [6.45, 7) is 5.92. The topological polar surface area (TPSA) is 58.6 Å². The molecule has 2 aliphatic rings. The summed E-state index contributed by atoms with van der Waals surface area (Å²) in [6.07, 6.45) is 1.93. The van der Waals surface area contributed by atoms with Crippen LogP contribution in [0.1, 0.15) is 26.7 Å². The second kappa shape index (κ2) is 4.74. The van der Waals surface area contributed by atoms with E-state index in [0.717, 1.165) is 25.9 Å². The Morgan fingerprint density at radius 3 is 2.35 bits per heavy atom.